The van der Waals surface area contributed by atoms with Gasteiger partial charge < -0.3 is 4.74 Å². The van der Waals surface area contributed by atoms with Crippen molar-refractivity contribution < 1.29 is 9.13 Å². The predicted molar refractivity (Wildman–Crippen MR) is 43.2 cm³/mol. The molecule has 3 nitrogen and oxygen atoms in total. The highest BCUT2D eigenvalue weighted by Crippen LogP contribution is 2.13. The summed E-state index contributed by atoms with van der Waals surface area (Å²) in [7, 11) is 1.40. The summed E-state index contributed by atoms with van der Waals surface area (Å²) in [6, 6.07) is 2.78. The minimum Gasteiger partial charge on any atom is -0.480 e. The number of aromatic nitrogens is 1. The van der Waals surface area contributed by atoms with E-state index in [-0.39, 0.29) is 11.4 Å². The molecule has 0 N–H and O–H groups in total. The Bertz CT molecular complexity index is 412. The van der Waals surface area contributed by atoms with E-state index in [0.717, 1.165) is 12.3 Å². The summed E-state index contributed by atoms with van der Waals surface area (Å²) >= 11 is 0. The van der Waals surface area contributed by atoms with Gasteiger partial charge in [0.25, 0.3) is 0 Å². The molecule has 64 valence electrons. The summed E-state index contributed by atoms with van der Waals surface area (Å²) in [6.07, 6.45) is 1.02. The first-order valence-corrected chi connectivity index (χ1v) is 3.37. The van der Waals surface area contributed by atoms with E-state index < -0.39 is 5.82 Å². The maximum absolute atomic E-state index is 12.6. The van der Waals surface area contributed by atoms with E-state index in [2.05, 4.69) is 16.8 Å². The highest BCUT2D eigenvalue weighted by molar-refractivity contribution is 5.44. The van der Waals surface area contributed by atoms with Crippen molar-refractivity contribution in [2.45, 2.75) is 0 Å². The molecular weight excluding hydrogens is 171 g/mol. The van der Waals surface area contributed by atoms with Crippen molar-refractivity contribution >= 4 is 0 Å². The Hall–Kier alpha value is -2.07. The zero-order valence-corrected chi connectivity index (χ0v) is 6.84. The molecule has 0 aromatic carbocycles. The zero-order chi connectivity index (χ0) is 9.68. The molecule has 0 aliphatic carbocycles. The van der Waals surface area contributed by atoms with Gasteiger partial charge in [0.05, 0.1) is 18.9 Å². The molecule has 0 fully saturated rings. The van der Waals surface area contributed by atoms with Crippen LogP contribution in [0.1, 0.15) is 5.56 Å². The van der Waals surface area contributed by atoms with Gasteiger partial charge in [-0.3, -0.25) is 0 Å². The number of hydrogen-bond acceptors (Lipinski definition) is 3. The van der Waals surface area contributed by atoms with Gasteiger partial charge in [-0.2, -0.15) is 5.26 Å². The standard InChI is InChI=1S/C9H5FN2O/c1-13-9-7(3-2-4-11)5-8(10)6-12-9/h5-6H,1H3. The van der Waals surface area contributed by atoms with Crippen molar-refractivity contribution in [1.82, 2.24) is 4.98 Å². The Labute approximate surface area is 74.8 Å². The van der Waals surface area contributed by atoms with Gasteiger partial charge in [-0.05, 0) is 12.0 Å². The molecule has 0 saturated carbocycles. The van der Waals surface area contributed by atoms with Crippen LogP contribution in [0.4, 0.5) is 4.39 Å². The van der Waals surface area contributed by atoms with Crippen molar-refractivity contribution in [2.75, 3.05) is 7.11 Å². The lowest BCUT2D eigenvalue weighted by atomic mass is 10.2. The molecule has 1 aromatic rings. The van der Waals surface area contributed by atoms with E-state index in [1.54, 1.807) is 6.07 Å². The van der Waals surface area contributed by atoms with Gasteiger partial charge in [-0.1, -0.05) is 0 Å². The Morgan fingerprint density at radius 2 is 2.38 bits per heavy atom. The molecular formula is C9H5FN2O. The van der Waals surface area contributed by atoms with Crippen LogP contribution >= 0.6 is 0 Å². The summed E-state index contributed by atoms with van der Waals surface area (Å²) in [4.78, 5) is 3.64. The fourth-order valence-corrected chi connectivity index (χ4v) is 0.774. The molecule has 1 rings (SSSR count). The van der Waals surface area contributed by atoms with Gasteiger partial charge in [-0.15, -0.1) is 0 Å². The number of pyridine rings is 1. The first-order valence-electron chi connectivity index (χ1n) is 3.37. The molecule has 4 heteroatoms. The molecule has 1 aromatic heterocycles. The van der Waals surface area contributed by atoms with Crippen LogP contribution in [0.25, 0.3) is 0 Å². The number of halogens is 1. The van der Waals surface area contributed by atoms with Crippen molar-refractivity contribution in [1.29, 1.82) is 5.26 Å². The van der Waals surface area contributed by atoms with E-state index in [1.165, 1.54) is 7.11 Å². The Kier molecular flexibility index (Phi) is 2.83. The molecule has 0 aliphatic rings. The van der Waals surface area contributed by atoms with Crippen LogP contribution in [0.2, 0.25) is 0 Å². The van der Waals surface area contributed by atoms with Gasteiger partial charge >= 0.3 is 0 Å². The molecule has 0 amide bonds. The molecule has 0 aliphatic heterocycles. The van der Waals surface area contributed by atoms with Crippen molar-refractivity contribution in [3.63, 3.8) is 0 Å². The minimum absolute atomic E-state index is 0.212. The number of hydrogen-bond donors (Lipinski definition) is 0. The lowest BCUT2D eigenvalue weighted by molar-refractivity contribution is 0.394. The second-order valence-electron chi connectivity index (χ2n) is 2.07. The topological polar surface area (TPSA) is 45.9 Å². The van der Waals surface area contributed by atoms with Gasteiger partial charge in [0.1, 0.15) is 5.82 Å². The summed E-state index contributed by atoms with van der Waals surface area (Å²) in [5.74, 6) is 4.25. The summed E-state index contributed by atoms with van der Waals surface area (Å²) in [6.45, 7) is 0. The molecule has 0 unspecified atom stereocenters. The van der Waals surface area contributed by atoms with Gasteiger partial charge in [-0.25, -0.2) is 9.37 Å². The largest absolute Gasteiger partial charge is 0.480 e. The smallest absolute Gasteiger partial charge is 0.229 e. The number of rotatable bonds is 1. The first kappa shape index (κ1) is 9.02. The predicted octanol–water partition coefficient (Wildman–Crippen LogP) is 1.10. The van der Waals surface area contributed by atoms with Crippen LogP contribution in [-0.4, -0.2) is 12.1 Å². The van der Waals surface area contributed by atoms with E-state index >= 15 is 0 Å². The Morgan fingerprint density at radius 3 is 3.00 bits per heavy atom. The van der Waals surface area contributed by atoms with Crippen LogP contribution in [0.15, 0.2) is 12.3 Å². The van der Waals surface area contributed by atoms with E-state index in [9.17, 15) is 4.39 Å². The number of methoxy groups -OCH3 is 1. The molecule has 13 heavy (non-hydrogen) atoms. The average Bonchev–Trinajstić information content (AvgIpc) is 2.15. The third kappa shape index (κ3) is 2.18. The van der Waals surface area contributed by atoms with E-state index in [0.29, 0.717) is 0 Å². The van der Waals surface area contributed by atoms with E-state index in [1.807, 2.05) is 0 Å². The molecule has 1 heterocycles. The molecule has 0 bridgehead atoms. The lowest BCUT2D eigenvalue weighted by Crippen LogP contribution is -1.92. The third-order valence-corrected chi connectivity index (χ3v) is 1.26. The maximum atomic E-state index is 12.6. The fourth-order valence-electron chi connectivity index (χ4n) is 0.774. The lowest BCUT2D eigenvalue weighted by Gasteiger charge is -1.99. The number of nitrogens with zero attached hydrogens (tertiary/aromatic N) is 2. The van der Waals surface area contributed by atoms with Gasteiger partial charge in [0, 0.05) is 5.92 Å². The fraction of sp³-hybridized carbons (Fsp3) is 0.111. The molecule has 0 spiro atoms. The highest BCUT2D eigenvalue weighted by atomic mass is 19.1. The molecule has 0 saturated heterocycles. The summed E-state index contributed by atoms with van der Waals surface area (Å²) in [5, 5.41) is 8.18. The van der Waals surface area contributed by atoms with Crippen LogP contribution < -0.4 is 4.74 Å². The number of ether oxygens (including phenoxy) is 1. The van der Waals surface area contributed by atoms with Crippen molar-refractivity contribution in [3.05, 3.63) is 23.6 Å². The normalized spacial score (nSPS) is 8.08. The molecule has 0 radical (unpaired) electrons. The first-order chi connectivity index (χ1) is 6.27. The Morgan fingerprint density at radius 1 is 1.62 bits per heavy atom. The summed E-state index contributed by atoms with van der Waals surface area (Å²) < 4.78 is 17.4. The molecule has 0 atom stereocenters. The van der Waals surface area contributed by atoms with Gasteiger partial charge in [0.2, 0.25) is 5.88 Å². The maximum Gasteiger partial charge on any atom is 0.229 e. The summed E-state index contributed by atoms with van der Waals surface area (Å²) in [5.41, 5.74) is 0.268. The van der Waals surface area contributed by atoms with E-state index in [4.69, 9.17) is 10.00 Å². The average molecular weight is 176 g/mol. The minimum atomic E-state index is -0.511. The second kappa shape index (κ2) is 4.08. The van der Waals surface area contributed by atoms with Gasteiger partial charge in [0.15, 0.2) is 6.07 Å². The van der Waals surface area contributed by atoms with Crippen LogP contribution in [0, 0.1) is 29.0 Å². The van der Waals surface area contributed by atoms with Crippen molar-refractivity contribution in [2.24, 2.45) is 0 Å². The van der Waals surface area contributed by atoms with Crippen LogP contribution in [0.5, 0.6) is 5.88 Å². The Balaban J connectivity index is 3.17. The quantitative estimate of drug-likeness (QED) is 0.602. The zero-order valence-electron chi connectivity index (χ0n) is 6.84. The highest BCUT2D eigenvalue weighted by Gasteiger charge is 2.02. The second-order valence-corrected chi connectivity index (χ2v) is 2.07. The third-order valence-electron chi connectivity index (χ3n) is 1.26. The van der Waals surface area contributed by atoms with Crippen molar-refractivity contribution in [3.8, 4) is 23.8 Å². The van der Waals surface area contributed by atoms with Crippen LogP contribution in [0.3, 0.4) is 0 Å². The van der Waals surface area contributed by atoms with Crippen LogP contribution in [-0.2, 0) is 0 Å². The number of nitriles is 1. The monoisotopic (exact) mass is 176 g/mol. The SMILES string of the molecule is COc1ncc(F)cc1C#CC#N.